The van der Waals surface area contributed by atoms with E-state index in [9.17, 15) is 97.8 Å². The Bertz CT molecular complexity index is 6280. The first kappa shape index (κ1) is 107. The topological polar surface area (TPSA) is 561 Å². The van der Waals surface area contributed by atoms with E-state index in [1.54, 1.807) is 45.6 Å². The summed E-state index contributed by atoms with van der Waals surface area (Å²) in [5.41, 5.74) is 0.0250. The lowest BCUT2D eigenvalue weighted by Crippen LogP contribution is -2.74. The molecule has 0 radical (unpaired) electrons. The van der Waals surface area contributed by atoms with E-state index in [1.165, 1.54) is 41.7 Å². The molecule has 0 saturated carbocycles. The number of ketones is 4. The van der Waals surface area contributed by atoms with Crippen LogP contribution in [-0.2, 0) is 152 Å². The highest BCUT2D eigenvalue weighted by Gasteiger charge is 2.77. The van der Waals surface area contributed by atoms with Gasteiger partial charge >= 0.3 is 59.7 Å². The first-order valence-electron chi connectivity index (χ1n) is 49.5. The van der Waals surface area contributed by atoms with Gasteiger partial charge in [0.25, 0.3) is 0 Å². The van der Waals surface area contributed by atoms with Gasteiger partial charge in [0, 0.05) is 72.1 Å². The number of carbonyl (C=O) groups excluding carboxylic acids is 12. The molecule has 8 heterocycles. The average Bonchev–Trinajstić information content (AvgIpc) is 1.49. The van der Waals surface area contributed by atoms with Crippen LogP contribution in [0.1, 0.15) is 189 Å². The van der Waals surface area contributed by atoms with E-state index >= 15 is 0 Å². The van der Waals surface area contributed by atoms with Crippen LogP contribution in [0.4, 0.5) is 0 Å². The molecule has 4 spiro atoms. The van der Waals surface area contributed by atoms with Crippen molar-refractivity contribution in [1.82, 2.24) is 19.6 Å². The molecule has 4 saturated heterocycles. The molecule has 42 nitrogen and oxygen atoms in total. The first-order chi connectivity index (χ1) is 70.1. The number of carbonyl (C=O) groups is 14. The Morgan fingerprint density at radius 2 is 0.635 bits per heavy atom. The molecule has 4 aromatic carbocycles. The molecule has 8 bridgehead atoms. The summed E-state index contributed by atoms with van der Waals surface area (Å²) < 4.78 is 90.1. The van der Waals surface area contributed by atoms with Crippen LogP contribution in [0.3, 0.4) is 0 Å². The summed E-state index contributed by atoms with van der Waals surface area (Å²) >= 11 is 0. The zero-order chi connectivity index (χ0) is 107. The third kappa shape index (κ3) is 17.5. The summed E-state index contributed by atoms with van der Waals surface area (Å²) in [6.07, 6.45) is -3.05. The molecule has 22 atom stereocenters. The summed E-state index contributed by atoms with van der Waals surface area (Å²) in [6, 6.07) is 14.8. The van der Waals surface area contributed by atoms with Gasteiger partial charge in [0.15, 0.2) is 118 Å². The second-order valence-corrected chi connectivity index (χ2v) is 41.3. The van der Waals surface area contributed by atoms with E-state index in [1.807, 2.05) is 76.7 Å². The molecule has 148 heavy (non-hydrogen) atoms. The van der Waals surface area contributed by atoms with Gasteiger partial charge < -0.3 is 136 Å². The van der Waals surface area contributed by atoms with E-state index in [-0.39, 0.29) is 91.5 Å². The van der Waals surface area contributed by atoms with E-state index in [2.05, 4.69) is 19.6 Å². The van der Waals surface area contributed by atoms with Gasteiger partial charge in [-0.1, -0.05) is 24.3 Å². The summed E-state index contributed by atoms with van der Waals surface area (Å²) in [7, 11) is 14.2. The maximum atomic E-state index is 12.8. The number of aliphatic hydroxyl groups is 6. The molecule has 4 fully saturated rings. The SMILES string of the molecule is COc1ccc2c3c1O[C@H]1C(OC(=O)CCC(=O)O[C@@H](C)C(C)=O)=CC[C@@]4(O)[C@@H](C2)N(C)CC[C@]314.COc1ccc2c3c1O[C@H]1C(OC(=O)CCC(=O)O[C@@H](CC(C)=O)C(=O)O)=CC[C@@]4(O)[C@@H](C2)N(C)CC[C@]314.COc1ccc2c3c1O[C@H]1C(OC(=O)C[C@H](O)C(=O)O[C@@H](C)C(C)=O)=CC[C@@]4(O)[C@@H](C2)N(C)CC[C@]314.COc1ccc2c3c1O[C@H]1C(OC(=O)C[C@H](O)C(=O)O[C@H](CC(=O)O)C(C)=O)=CC[C@@]4(O)[C@@H](C2)N(C)CC[C@]314. The third-order valence-corrected chi connectivity index (χ3v) is 33.3. The number of rotatable bonds is 32. The van der Waals surface area contributed by atoms with Gasteiger partial charge in [0.05, 0.1) is 124 Å². The largest absolute Gasteiger partial charge is 0.493 e. The predicted octanol–water partition coefficient (Wildman–Crippen LogP) is 4.12. The number of esters is 8. The first-order valence-corrected chi connectivity index (χ1v) is 49.5. The molecule has 20 rings (SSSR count). The minimum Gasteiger partial charge on any atom is -0.493 e. The van der Waals surface area contributed by atoms with Crippen LogP contribution in [0.5, 0.6) is 46.0 Å². The monoisotopic (exact) mass is 2060 g/mol. The maximum absolute atomic E-state index is 12.8. The van der Waals surface area contributed by atoms with Gasteiger partial charge in [-0.2, -0.15) is 0 Å². The summed E-state index contributed by atoms with van der Waals surface area (Å²) in [5.74, 6) is -6.32. The van der Waals surface area contributed by atoms with Gasteiger partial charge in [-0.15, -0.1) is 0 Å². The molecular formula is C106H124N4O38. The number of nitrogens with zero attached hydrogens (tertiary/aromatic N) is 4. The molecular weight excluding hydrogens is 1940 g/mol. The van der Waals surface area contributed by atoms with Crippen LogP contribution in [0.25, 0.3) is 0 Å². The van der Waals surface area contributed by atoms with E-state index in [0.29, 0.717) is 116 Å². The van der Waals surface area contributed by atoms with Crippen molar-refractivity contribution in [3.63, 3.8) is 0 Å². The lowest BCUT2D eigenvalue weighted by molar-refractivity contribution is -0.173. The van der Waals surface area contributed by atoms with Crippen molar-refractivity contribution < 1.29 is 184 Å². The second-order valence-electron chi connectivity index (χ2n) is 41.3. The van der Waals surface area contributed by atoms with Gasteiger partial charge in [-0.05, 0) is 218 Å². The number of hydrogen-bond acceptors (Lipinski definition) is 40. The van der Waals surface area contributed by atoms with Crippen LogP contribution in [-0.4, -0.2) is 334 Å². The number of ether oxygens (including phenoxy) is 16. The molecule has 796 valence electrons. The average molecular weight is 2060 g/mol. The Morgan fingerprint density at radius 3 is 0.905 bits per heavy atom. The van der Waals surface area contributed by atoms with Crippen LogP contribution >= 0.6 is 0 Å². The second kappa shape index (κ2) is 40.3. The van der Waals surface area contributed by atoms with Crippen molar-refractivity contribution in [1.29, 1.82) is 0 Å². The summed E-state index contributed by atoms with van der Waals surface area (Å²) in [6.45, 7) is 10.6. The van der Waals surface area contributed by atoms with Crippen LogP contribution in [0, 0.1) is 0 Å². The highest BCUT2D eigenvalue weighted by Crippen LogP contribution is 2.71. The molecule has 42 heteroatoms. The molecule has 16 aliphatic rings. The molecule has 0 aromatic heterocycles. The summed E-state index contributed by atoms with van der Waals surface area (Å²) in [5, 5.41) is 87.1. The van der Waals surface area contributed by atoms with Crippen LogP contribution in [0.2, 0.25) is 0 Å². The number of carboxylic acids is 2. The van der Waals surface area contributed by atoms with Crippen molar-refractivity contribution in [2.45, 2.75) is 299 Å². The van der Waals surface area contributed by atoms with Crippen LogP contribution in [0.15, 0.2) is 95.9 Å². The zero-order valence-corrected chi connectivity index (χ0v) is 84.6. The number of carboxylic acid groups (broad SMARTS) is 2. The molecule has 4 aromatic rings. The van der Waals surface area contributed by atoms with Crippen LogP contribution < -0.4 is 37.9 Å². The summed E-state index contributed by atoms with van der Waals surface area (Å²) in [4.78, 5) is 176. The number of piperidine rings is 4. The third-order valence-electron chi connectivity index (χ3n) is 33.3. The number of aliphatic carboxylic acids is 2. The number of methoxy groups -OCH3 is 4. The van der Waals surface area contributed by atoms with E-state index in [0.717, 1.165) is 71.1 Å². The normalized spacial score (nSPS) is 30.3. The highest BCUT2D eigenvalue weighted by molar-refractivity contribution is 5.91. The van der Waals surface area contributed by atoms with E-state index in [4.69, 9.17) is 86.0 Å². The molecule has 8 aliphatic heterocycles. The molecule has 0 unspecified atom stereocenters. The predicted molar refractivity (Wildman–Crippen MR) is 508 cm³/mol. The number of hydrogen-bond donors (Lipinski definition) is 8. The molecule has 8 N–H and O–H groups in total. The Kier molecular flexibility index (Phi) is 29.0. The van der Waals surface area contributed by atoms with Crippen molar-refractivity contribution in [2.75, 3.05) is 82.8 Å². The fourth-order valence-corrected chi connectivity index (χ4v) is 25.9. The minimum absolute atomic E-state index is 0.0965. The van der Waals surface area contributed by atoms with Gasteiger partial charge in [-0.25, -0.2) is 14.4 Å². The fourth-order valence-electron chi connectivity index (χ4n) is 25.9. The number of likely N-dealkylation sites (tertiary alicyclic amines) is 4. The quantitative estimate of drug-likeness (QED) is 0.0252. The van der Waals surface area contributed by atoms with Crippen molar-refractivity contribution >= 4 is 82.8 Å². The Labute approximate surface area is 850 Å². The minimum atomic E-state index is -1.98. The lowest BCUT2D eigenvalue weighted by Gasteiger charge is -2.61. The number of likely N-dealkylation sites (N-methyl/N-ethyl adjacent to an activating group) is 4. The van der Waals surface area contributed by atoms with Crippen molar-refractivity contribution in [3.05, 3.63) is 140 Å². The van der Waals surface area contributed by atoms with Gasteiger partial charge in [0.2, 0.25) is 6.10 Å². The molecule has 0 amide bonds. The van der Waals surface area contributed by atoms with Gasteiger partial charge in [0.1, 0.15) is 28.8 Å². The Balaban J connectivity index is 0.000000135. The van der Waals surface area contributed by atoms with E-state index < -0.39 is 208 Å². The number of benzene rings is 4. The Hall–Kier alpha value is -12.8. The zero-order valence-electron chi connectivity index (χ0n) is 84.6. The van der Waals surface area contributed by atoms with Crippen molar-refractivity contribution in [3.8, 4) is 46.0 Å². The molecule has 8 aliphatic carbocycles. The Morgan fingerprint density at radius 1 is 0.358 bits per heavy atom. The fraction of sp³-hybridized carbons (Fsp3) is 0.566. The highest BCUT2D eigenvalue weighted by atomic mass is 16.6. The standard InChI is InChI=1S/C27H31NO11.C27H31NO10.C26H31NO9.C26H31NO8/c1-13(29)18(12-20(31)32)38-25(34)15(30)11-21(33)37-17-6-7-27(35)19-10-14-4-5-16(36-3)23-22(14)26(27,24(17)39-23)8-9-28(19)2;1-14(29)12-18(25(32)33)37-21(31)7-6-20(30)36-17-8-9-27(34)19-13-15-4-5-16(35-3)23-22(15)26(27,24(17)38-23)10-11-28(19)2;1-13(28)14(2)34-24(31)16(29)12-20(30)35-18-7-8-26(32)19-11-15-5-6-17(33-4)22-21(15)25(26,23(18)36-22)9-10-27(19)3;1-14(28)15(2)33-20(29)7-8-21(30)34-18-9-10-26(31)19-13-16-5-6-17(32-4)23-22(16)25(26,24(18)35-23)11-12-27(19)3/h4-6,15,18-19,24,30,35H,7-12H2,1-3H3,(H,31,32);4-5,8,18-19,24,34H,6-7,9-13H2,1-3H3,(H,32,33);5-7,14,16,19,23,29,32H,8-12H2,1-4H3;5-6,9,15,19,24,31H,7-8,10-13H2,1-4H3/t15-,18+,19+,24-,26-,27+;18-,19+,24-,26-,27+;14-,16-,19+,23-,25-,26+;15-,19+,24-,25-,26+/m0000/s1. The number of aliphatic hydroxyl groups excluding tert-OH is 2. The van der Waals surface area contributed by atoms with Crippen molar-refractivity contribution in [2.24, 2.45) is 0 Å². The lowest BCUT2D eigenvalue weighted by atomic mass is 9.50. The smallest absolute Gasteiger partial charge is 0.345 e. The van der Waals surface area contributed by atoms with Gasteiger partial charge in [-0.3, -0.25) is 52.7 Å². The maximum Gasteiger partial charge on any atom is 0.345 e. The number of Topliss-reactive ketones (excluding diaryl/α,β-unsaturated/α-hetero) is 4.